The van der Waals surface area contributed by atoms with Gasteiger partial charge in [0, 0.05) is 5.69 Å². The van der Waals surface area contributed by atoms with Gasteiger partial charge in [0.1, 0.15) is 5.01 Å². The fourth-order valence-electron chi connectivity index (χ4n) is 2.37. The number of aliphatic imine (C=N–C) groups is 1. The van der Waals surface area contributed by atoms with Crippen molar-refractivity contribution >= 4 is 34.7 Å². The second-order valence-electron chi connectivity index (χ2n) is 4.83. The Morgan fingerprint density at radius 2 is 2.24 bits per heavy atom. The fraction of sp³-hybridized carbons (Fsp3) is 0.357. The SMILES string of the molecule is CSc1nnc(CN=C(N)Nc2ccc3c(c2)CCC3)s1. The monoisotopic (exact) mass is 319 g/mol. The molecule has 1 aromatic carbocycles. The van der Waals surface area contributed by atoms with E-state index in [1.54, 1.807) is 23.1 Å². The third-order valence-electron chi connectivity index (χ3n) is 3.38. The van der Waals surface area contributed by atoms with E-state index in [0.717, 1.165) is 21.5 Å². The summed E-state index contributed by atoms with van der Waals surface area (Å²) in [5.74, 6) is 0.411. The molecule has 1 aliphatic carbocycles. The minimum absolute atomic E-state index is 0.411. The molecule has 0 saturated heterocycles. The highest BCUT2D eigenvalue weighted by Crippen LogP contribution is 2.25. The zero-order valence-corrected chi connectivity index (χ0v) is 13.4. The number of nitrogens with one attached hydrogen (secondary N) is 1. The van der Waals surface area contributed by atoms with Crippen LogP contribution in [0.4, 0.5) is 5.69 Å². The van der Waals surface area contributed by atoms with Gasteiger partial charge in [-0.3, -0.25) is 0 Å². The number of fused-ring (bicyclic) bond motifs is 1. The van der Waals surface area contributed by atoms with E-state index < -0.39 is 0 Å². The second kappa shape index (κ2) is 6.44. The van der Waals surface area contributed by atoms with Gasteiger partial charge >= 0.3 is 0 Å². The maximum atomic E-state index is 5.93. The Morgan fingerprint density at radius 3 is 3.05 bits per heavy atom. The Labute approximate surface area is 132 Å². The Bertz CT molecular complexity index is 665. The highest BCUT2D eigenvalue weighted by Gasteiger charge is 2.10. The Morgan fingerprint density at radius 1 is 1.38 bits per heavy atom. The van der Waals surface area contributed by atoms with Crippen molar-refractivity contribution in [3.05, 3.63) is 34.3 Å². The van der Waals surface area contributed by atoms with Gasteiger partial charge in [0.25, 0.3) is 0 Å². The molecule has 0 saturated carbocycles. The summed E-state index contributed by atoms with van der Waals surface area (Å²) in [6.07, 6.45) is 5.58. The molecule has 1 aromatic heterocycles. The zero-order valence-electron chi connectivity index (χ0n) is 11.8. The normalized spacial score (nSPS) is 14.2. The van der Waals surface area contributed by atoms with Crippen LogP contribution in [0.5, 0.6) is 0 Å². The van der Waals surface area contributed by atoms with Gasteiger partial charge in [-0.1, -0.05) is 29.2 Å². The molecule has 1 aliphatic rings. The van der Waals surface area contributed by atoms with Crippen LogP contribution in [0.1, 0.15) is 22.6 Å². The van der Waals surface area contributed by atoms with Gasteiger partial charge in [-0.25, -0.2) is 4.99 Å². The smallest absolute Gasteiger partial charge is 0.193 e. The number of rotatable bonds is 4. The van der Waals surface area contributed by atoms with Gasteiger partial charge in [0.2, 0.25) is 0 Å². The number of benzene rings is 1. The van der Waals surface area contributed by atoms with E-state index in [2.05, 4.69) is 38.7 Å². The molecule has 2 aromatic rings. The quantitative estimate of drug-likeness (QED) is 0.515. The first-order valence-corrected chi connectivity index (χ1v) is 8.84. The van der Waals surface area contributed by atoms with Crippen LogP contribution >= 0.6 is 23.1 Å². The molecule has 5 nitrogen and oxygen atoms in total. The van der Waals surface area contributed by atoms with Crippen molar-refractivity contribution in [1.29, 1.82) is 0 Å². The maximum absolute atomic E-state index is 5.93. The molecule has 0 spiro atoms. The van der Waals surface area contributed by atoms with Crippen LogP contribution in [0, 0.1) is 0 Å². The molecule has 3 N–H and O–H groups in total. The Balaban J connectivity index is 1.62. The lowest BCUT2D eigenvalue weighted by atomic mass is 10.1. The van der Waals surface area contributed by atoms with Gasteiger partial charge in [-0.2, -0.15) is 0 Å². The van der Waals surface area contributed by atoms with Crippen LogP contribution in [0.15, 0.2) is 27.5 Å². The van der Waals surface area contributed by atoms with Crippen LogP contribution < -0.4 is 11.1 Å². The minimum atomic E-state index is 0.411. The standard InChI is InChI=1S/C14H17N5S2/c1-20-14-19-18-12(21-14)8-16-13(15)17-11-6-5-9-3-2-4-10(9)7-11/h5-7H,2-4,8H2,1H3,(H3,15,16,17). The summed E-state index contributed by atoms with van der Waals surface area (Å²) in [5, 5.41) is 12.1. The van der Waals surface area contributed by atoms with Crippen LogP contribution in [0.3, 0.4) is 0 Å². The number of anilines is 1. The molecule has 0 atom stereocenters. The molecule has 110 valence electrons. The average Bonchev–Trinajstić information content (AvgIpc) is 3.13. The molecule has 7 heteroatoms. The molecule has 0 unspecified atom stereocenters. The molecule has 21 heavy (non-hydrogen) atoms. The first-order chi connectivity index (χ1) is 10.2. The summed E-state index contributed by atoms with van der Waals surface area (Å²) in [6, 6.07) is 6.40. The zero-order chi connectivity index (χ0) is 14.7. The van der Waals surface area contributed by atoms with Gasteiger partial charge in [0.05, 0.1) is 6.54 Å². The first-order valence-electron chi connectivity index (χ1n) is 6.80. The van der Waals surface area contributed by atoms with Crippen molar-refractivity contribution in [2.45, 2.75) is 30.1 Å². The highest BCUT2D eigenvalue weighted by molar-refractivity contribution is 8.00. The third kappa shape index (κ3) is 3.54. The van der Waals surface area contributed by atoms with Crippen LogP contribution in [-0.2, 0) is 19.4 Å². The molecule has 0 amide bonds. The minimum Gasteiger partial charge on any atom is -0.370 e. The predicted octanol–water partition coefficient (Wildman–Crippen LogP) is 2.68. The van der Waals surface area contributed by atoms with E-state index in [9.17, 15) is 0 Å². The number of hydrogen-bond donors (Lipinski definition) is 2. The first kappa shape index (κ1) is 14.3. The molecule has 0 aliphatic heterocycles. The molecule has 0 radical (unpaired) electrons. The molecular formula is C14H17N5S2. The van der Waals surface area contributed by atoms with Gasteiger partial charge in [-0.15, -0.1) is 10.2 Å². The molecule has 0 fully saturated rings. The van der Waals surface area contributed by atoms with Crippen molar-refractivity contribution in [2.24, 2.45) is 10.7 Å². The molecule has 3 rings (SSSR count). The van der Waals surface area contributed by atoms with Gasteiger partial charge in [-0.05, 0) is 48.8 Å². The lowest BCUT2D eigenvalue weighted by molar-refractivity contribution is 0.912. The number of aryl methyl sites for hydroxylation is 2. The summed E-state index contributed by atoms with van der Waals surface area (Å²) in [5.41, 5.74) is 9.80. The van der Waals surface area contributed by atoms with Crippen LogP contribution in [0.25, 0.3) is 0 Å². The number of thioether (sulfide) groups is 1. The second-order valence-corrected chi connectivity index (χ2v) is 6.94. The number of nitrogens with two attached hydrogens (primary N) is 1. The number of guanidine groups is 1. The summed E-state index contributed by atoms with van der Waals surface area (Å²) < 4.78 is 0.949. The number of hydrogen-bond acceptors (Lipinski definition) is 5. The lowest BCUT2D eigenvalue weighted by Gasteiger charge is -2.07. The third-order valence-corrected chi connectivity index (χ3v) is 5.26. The van der Waals surface area contributed by atoms with Crippen molar-refractivity contribution < 1.29 is 0 Å². The lowest BCUT2D eigenvalue weighted by Crippen LogP contribution is -2.22. The van der Waals surface area contributed by atoms with E-state index in [4.69, 9.17) is 5.73 Å². The summed E-state index contributed by atoms with van der Waals surface area (Å²) in [4.78, 5) is 4.31. The highest BCUT2D eigenvalue weighted by atomic mass is 32.2. The largest absolute Gasteiger partial charge is 0.370 e. The number of nitrogens with zero attached hydrogens (tertiary/aromatic N) is 3. The van der Waals surface area contributed by atoms with Crippen molar-refractivity contribution in [3.63, 3.8) is 0 Å². The van der Waals surface area contributed by atoms with Crippen LogP contribution in [0.2, 0.25) is 0 Å². The number of aromatic nitrogens is 2. The summed E-state index contributed by atoms with van der Waals surface area (Å²) in [7, 11) is 0. The average molecular weight is 319 g/mol. The van der Waals surface area contributed by atoms with E-state index in [1.165, 1.54) is 24.0 Å². The predicted molar refractivity (Wildman–Crippen MR) is 89.1 cm³/mol. The van der Waals surface area contributed by atoms with Gasteiger partial charge < -0.3 is 11.1 Å². The van der Waals surface area contributed by atoms with Gasteiger partial charge in [0.15, 0.2) is 10.3 Å². The van der Waals surface area contributed by atoms with Crippen molar-refractivity contribution in [3.8, 4) is 0 Å². The molecule has 0 bridgehead atoms. The fourth-order valence-corrected chi connectivity index (χ4v) is 3.61. The van der Waals surface area contributed by atoms with Crippen LogP contribution in [-0.4, -0.2) is 22.4 Å². The Kier molecular flexibility index (Phi) is 4.40. The van der Waals surface area contributed by atoms with E-state index in [1.807, 2.05) is 6.26 Å². The molecule has 1 heterocycles. The van der Waals surface area contributed by atoms with E-state index in [0.29, 0.717) is 12.5 Å². The van der Waals surface area contributed by atoms with Crippen molar-refractivity contribution in [2.75, 3.05) is 11.6 Å². The maximum Gasteiger partial charge on any atom is 0.193 e. The summed E-state index contributed by atoms with van der Waals surface area (Å²) in [6.45, 7) is 0.460. The summed E-state index contributed by atoms with van der Waals surface area (Å²) >= 11 is 3.14. The van der Waals surface area contributed by atoms with Crippen molar-refractivity contribution in [1.82, 2.24) is 10.2 Å². The Hall–Kier alpha value is -1.60. The van der Waals surface area contributed by atoms with E-state index >= 15 is 0 Å². The molecular weight excluding hydrogens is 302 g/mol. The topological polar surface area (TPSA) is 76.2 Å². The van der Waals surface area contributed by atoms with E-state index in [-0.39, 0.29) is 0 Å².